The van der Waals surface area contributed by atoms with Crippen LogP contribution in [0.2, 0.25) is 0 Å². The molecule has 2 heterocycles. The van der Waals surface area contributed by atoms with Crippen molar-refractivity contribution in [2.75, 3.05) is 12.8 Å². The first-order valence-corrected chi connectivity index (χ1v) is 9.05. The Morgan fingerprint density at radius 1 is 1.33 bits per heavy atom. The van der Waals surface area contributed by atoms with E-state index in [1.165, 1.54) is 6.42 Å². The zero-order valence-corrected chi connectivity index (χ0v) is 15.2. The SMILES string of the molecule is COc1ccc(-c2cc(C3CCC3)nc(N)c2C#N)cc1Cn1cccn1. The van der Waals surface area contributed by atoms with E-state index < -0.39 is 0 Å². The summed E-state index contributed by atoms with van der Waals surface area (Å²) >= 11 is 0. The molecule has 6 heteroatoms. The molecule has 1 fully saturated rings. The minimum absolute atomic E-state index is 0.307. The Kier molecular flexibility index (Phi) is 4.51. The van der Waals surface area contributed by atoms with Crippen LogP contribution in [-0.4, -0.2) is 21.9 Å². The first kappa shape index (κ1) is 17.1. The summed E-state index contributed by atoms with van der Waals surface area (Å²) in [7, 11) is 1.65. The van der Waals surface area contributed by atoms with Crippen LogP contribution in [0, 0.1) is 11.3 Å². The van der Waals surface area contributed by atoms with Crippen molar-refractivity contribution >= 4 is 5.82 Å². The van der Waals surface area contributed by atoms with Crippen molar-refractivity contribution < 1.29 is 4.74 Å². The average Bonchev–Trinajstić information content (AvgIpc) is 3.13. The number of nitrogens with two attached hydrogens (primary N) is 1. The van der Waals surface area contributed by atoms with Crippen LogP contribution >= 0.6 is 0 Å². The summed E-state index contributed by atoms with van der Waals surface area (Å²) in [6.45, 7) is 0.585. The van der Waals surface area contributed by atoms with Crippen LogP contribution in [-0.2, 0) is 6.54 Å². The summed E-state index contributed by atoms with van der Waals surface area (Å²) in [5.74, 6) is 1.54. The van der Waals surface area contributed by atoms with E-state index in [0.717, 1.165) is 41.0 Å². The van der Waals surface area contributed by atoms with Gasteiger partial charge in [0.15, 0.2) is 0 Å². The van der Waals surface area contributed by atoms with E-state index in [1.54, 1.807) is 13.3 Å². The maximum absolute atomic E-state index is 9.63. The van der Waals surface area contributed by atoms with Gasteiger partial charge >= 0.3 is 0 Å². The number of nitrogen functional groups attached to an aromatic ring is 1. The number of ether oxygens (including phenoxy) is 1. The fraction of sp³-hybridized carbons (Fsp3) is 0.286. The lowest BCUT2D eigenvalue weighted by Gasteiger charge is -2.25. The number of nitriles is 1. The number of anilines is 1. The van der Waals surface area contributed by atoms with E-state index in [9.17, 15) is 5.26 Å². The molecule has 0 atom stereocenters. The summed E-state index contributed by atoms with van der Waals surface area (Å²) in [4.78, 5) is 4.49. The molecule has 0 saturated heterocycles. The topological polar surface area (TPSA) is 89.8 Å². The third-order valence-electron chi connectivity index (χ3n) is 5.19. The third-order valence-corrected chi connectivity index (χ3v) is 5.19. The number of pyridine rings is 1. The molecule has 0 bridgehead atoms. The average molecular weight is 359 g/mol. The molecule has 0 radical (unpaired) electrons. The van der Waals surface area contributed by atoms with Crippen LogP contribution < -0.4 is 10.5 Å². The highest BCUT2D eigenvalue weighted by Crippen LogP contribution is 2.39. The first-order chi connectivity index (χ1) is 13.2. The van der Waals surface area contributed by atoms with Gasteiger partial charge in [-0.2, -0.15) is 10.4 Å². The number of hydrogen-bond donors (Lipinski definition) is 1. The summed E-state index contributed by atoms with van der Waals surface area (Å²) in [6, 6.07) is 12.1. The Morgan fingerprint density at radius 2 is 2.19 bits per heavy atom. The van der Waals surface area contributed by atoms with Gasteiger partial charge in [0.1, 0.15) is 23.2 Å². The molecule has 1 aliphatic rings. The van der Waals surface area contributed by atoms with E-state index in [1.807, 2.05) is 41.2 Å². The highest BCUT2D eigenvalue weighted by Gasteiger charge is 2.24. The Morgan fingerprint density at radius 3 is 2.81 bits per heavy atom. The fourth-order valence-electron chi connectivity index (χ4n) is 3.48. The van der Waals surface area contributed by atoms with Crippen LogP contribution in [0.3, 0.4) is 0 Å². The van der Waals surface area contributed by atoms with E-state index in [4.69, 9.17) is 10.5 Å². The van der Waals surface area contributed by atoms with Gasteiger partial charge in [-0.1, -0.05) is 12.5 Å². The van der Waals surface area contributed by atoms with Gasteiger partial charge in [0.25, 0.3) is 0 Å². The molecular weight excluding hydrogens is 338 g/mol. The molecule has 0 unspecified atom stereocenters. The van der Waals surface area contributed by atoms with Crippen LogP contribution in [0.1, 0.15) is 42.0 Å². The van der Waals surface area contributed by atoms with Crippen molar-refractivity contribution in [3.8, 4) is 22.9 Å². The van der Waals surface area contributed by atoms with Crippen molar-refractivity contribution in [2.45, 2.75) is 31.7 Å². The monoisotopic (exact) mass is 359 g/mol. The summed E-state index contributed by atoms with van der Waals surface area (Å²) < 4.78 is 7.35. The smallest absolute Gasteiger partial charge is 0.142 e. The summed E-state index contributed by atoms with van der Waals surface area (Å²) in [5, 5.41) is 13.9. The lowest BCUT2D eigenvalue weighted by atomic mass is 9.81. The maximum Gasteiger partial charge on any atom is 0.142 e. The molecule has 0 spiro atoms. The van der Waals surface area contributed by atoms with Gasteiger partial charge in [-0.15, -0.1) is 0 Å². The standard InChI is InChI=1S/C21H21N5O/c1-27-20-7-6-15(10-16(20)13-26-9-3-8-24-26)17-11-19(14-4-2-5-14)25-21(23)18(17)12-22/h3,6-11,14H,2,4-5,13H2,1H3,(H2,23,25). The molecular formula is C21H21N5O. The molecule has 1 aromatic carbocycles. The predicted octanol–water partition coefficient (Wildman–Crippen LogP) is 3.72. The lowest BCUT2D eigenvalue weighted by Crippen LogP contribution is -2.12. The van der Waals surface area contributed by atoms with Gasteiger partial charge in [0, 0.05) is 35.1 Å². The van der Waals surface area contributed by atoms with Crippen molar-refractivity contribution in [1.82, 2.24) is 14.8 Å². The Labute approximate surface area is 158 Å². The molecule has 1 saturated carbocycles. The highest BCUT2D eigenvalue weighted by atomic mass is 16.5. The number of aromatic nitrogens is 3. The quantitative estimate of drug-likeness (QED) is 0.750. The van der Waals surface area contributed by atoms with Crippen molar-refractivity contribution in [3.05, 3.63) is 59.5 Å². The molecule has 3 aromatic rings. The normalized spacial score (nSPS) is 13.8. The molecule has 0 aliphatic heterocycles. The second-order valence-corrected chi connectivity index (χ2v) is 6.82. The Bertz CT molecular complexity index is 1000. The summed E-state index contributed by atoms with van der Waals surface area (Å²) in [5.41, 5.74) is 10.3. The van der Waals surface area contributed by atoms with E-state index in [2.05, 4.69) is 16.2 Å². The van der Waals surface area contributed by atoms with Crippen molar-refractivity contribution in [2.24, 2.45) is 0 Å². The molecule has 2 N–H and O–H groups in total. The Hall–Kier alpha value is -3.33. The number of benzene rings is 1. The number of hydrogen-bond acceptors (Lipinski definition) is 5. The van der Waals surface area contributed by atoms with Crippen LogP contribution in [0.15, 0.2) is 42.7 Å². The molecule has 0 amide bonds. The second-order valence-electron chi connectivity index (χ2n) is 6.82. The number of methoxy groups -OCH3 is 1. The third kappa shape index (κ3) is 3.24. The zero-order valence-electron chi connectivity index (χ0n) is 15.2. The van der Waals surface area contributed by atoms with Gasteiger partial charge in [0.05, 0.1) is 13.7 Å². The van der Waals surface area contributed by atoms with Gasteiger partial charge < -0.3 is 10.5 Å². The Balaban J connectivity index is 1.80. The van der Waals surface area contributed by atoms with Crippen molar-refractivity contribution in [3.63, 3.8) is 0 Å². The van der Waals surface area contributed by atoms with Crippen LogP contribution in [0.25, 0.3) is 11.1 Å². The second kappa shape index (κ2) is 7.12. The molecule has 1 aliphatic carbocycles. The van der Waals surface area contributed by atoms with Crippen LogP contribution in [0.5, 0.6) is 5.75 Å². The maximum atomic E-state index is 9.63. The van der Waals surface area contributed by atoms with Crippen molar-refractivity contribution in [1.29, 1.82) is 5.26 Å². The lowest BCUT2D eigenvalue weighted by molar-refractivity contribution is 0.407. The number of nitrogens with zero attached hydrogens (tertiary/aromatic N) is 4. The van der Waals surface area contributed by atoms with E-state index in [0.29, 0.717) is 23.8 Å². The molecule has 6 nitrogen and oxygen atoms in total. The van der Waals surface area contributed by atoms with Gasteiger partial charge in [-0.3, -0.25) is 4.68 Å². The minimum Gasteiger partial charge on any atom is -0.496 e. The van der Waals surface area contributed by atoms with E-state index in [-0.39, 0.29) is 0 Å². The number of rotatable bonds is 5. The molecule has 4 rings (SSSR count). The van der Waals surface area contributed by atoms with Gasteiger partial charge in [-0.05, 0) is 42.7 Å². The fourth-order valence-corrected chi connectivity index (χ4v) is 3.48. The van der Waals surface area contributed by atoms with Gasteiger partial charge in [0.2, 0.25) is 0 Å². The summed E-state index contributed by atoms with van der Waals surface area (Å²) in [6.07, 6.45) is 7.14. The largest absolute Gasteiger partial charge is 0.496 e. The molecule has 2 aromatic heterocycles. The first-order valence-electron chi connectivity index (χ1n) is 9.05. The predicted molar refractivity (Wildman–Crippen MR) is 103 cm³/mol. The zero-order chi connectivity index (χ0) is 18.8. The molecule has 136 valence electrons. The molecule has 27 heavy (non-hydrogen) atoms. The highest BCUT2D eigenvalue weighted by molar-refractivity contribution is 5.76. The van der Waals surface area contributed by atoms with E-state index >= 15 is 0 Å². The van der Waals surface area contributed by atoms with Crippen LogP contribution in [0.4, 0.5) is 5.82 Å². The minimum atomic E-state index is 0.307. The van der Waals surface area contributed by atoms with Gasteiger partial charge in [-0.25, -0.2) is 4.98 Å².